The van der Waals surface area contributed by atoms with E-state index in [4.69, 9.17) is 0 Å². The lowest BCUT2D eigenvalue weighted by Crippen LogP contribution is -2.44. The molecular formula is C18H19F2N3. The summed E-state index contributed by atoms with van der Waals surface area (Å²) in [4.78, 5) is 6.52. The first-order chi connectivity index (χ1) is 11.3. The van der Waals surface area contributed by atoms with Crippen LogP contribution in [0.3, 0.4) is 0 Å². The van der Waals surface area contributed by atoms with E-state index in [1.165, 1.54) is 6.07 Å². The standard InChI is InChI=1S/C18H19F2N3/c19-16-5-1-4-13(18(16)20)15-11-23(12-3-2-7-21-9-12)17-6-8-22-10-14(15)17/h1-5,7,9,14-15,17,22H,6,8,10-11H2/t14-,15-,17-/m1/s1. The van der Waals surface area contributed by atoms with Gasteiger partial charge in [0.25, 0.3) is 0 Å². The molecule has 2 aliphatic heterocycles. The molecule has 0 spiro atoms. The summed E-state index contributed by atoms with van der Waals surface area (Å²) in [5.41, 5.74) is 1.55. The highest BCUT2D eigenvalue weighted by Crippen LogP contribution is 2.42. The smallest absolute Gasteiger partial charge is 0.162 e. The van der Waals surface area contributed by atoms with Crippen LogP contribution in [0.1, 0.15) is 17.9 Å². The third-order valence-corrected chi connectivity index (χ3v) is 5.16. The molecule has 0 saturated carbocycles. The highest BCUT2D eigenvalue weighted by atomic mass is 19.2. The minimum atomic E-state index is -0.761. The van der Waals surface area contributed by atoms with E-state index < -0.39 is 11.6 Å². The first-order valence-electron chi connectivity index (χ1n) is 8.07. The molecule has 3 nitrogen and oxygen atoms in total. The molecule has 3 atom stereocenters. The average Bonchev–Trinajstić information content (AvgIpc) is 2.98. The van der Waals surface area contributed by atoms with Gasteiger partial charge < -0.3 is 10.2 Å². The third kappa shape index (κ3) is 2.49. The van der Waals surface area contributed by atoms with Gasteiger partial charge in [0.2, 0.25) is 0 Å². The Morgan fingerprint density at radius 1 is 1.17 bits per heavy atom. The van der Waals surface area contributed by atoms with Gasteiger partial charge in [0.05, 0.1) is 11.9 Å². The molecule has 0 radical (unpaired) electrons. The van der Waals surface area contributed by atoms with Crippen LogP contribution in [0.15, 0.2) is 42.7 Å². The molecule has 0 bridgehead atoms. The molecule has 23 heavy (non-hydrogen) atoms. The van der Waals surface area contributed by atoms with Crippen molar-refractivity contribution in [2.75, 3.05) is 24.5 Å². The van der Waals surface area contributed by atoms with Crippen LogP contribution in [0.4, 0.5) is 14.5 Å². The number of piperidine rings is 1. The van der Waals surface area contributed by atoms with Gasteiger partial charge in [-0.15, -0.1) is 0 Å². The number of fused-ring (bicyclic) bond motifs is 1. The van der Waals surface area contributed by atoms with Crippen LogP contribution in [0.25, 0.3) is 0 Å². The van der Waals surface area contributed by atoms with Crippen molar-refractivity contribution in [2.45, 2.75) is 18.4 Å². The number of pyridine rings is 1. The van der Waals surface area contributed by atoms with Gasteiger partial charge in [0, 0.05) is 37.2 Å². The number of aromatic nitrogens is 1. The van der Waals surface area contributed by atoms with Gasteiger partial charge in [-0.25, -0.2) is 8.78 Å². The van der Waals surface area contributed by atoms with E-state index in [0.29, 0.717) is 18.2 Å². The zero-order chi connectivity index (χ0) is 15.8. The maximum Gasteiger partial charge on any atom is 0.162 e. The number of nitrogens with zero attached hydrogens (tertiary/aromatic N) is 2. The largest absolute Gasteiger partial charge is 0.366 e. The van der Waals surface area contributed by atoms with Crippen molar-refractivity contribution >= 4 is 5.69 Å². The molecule has 3 heterocycles. The SMILES string of the molecule is Fc1cccc([C@H]2CN(c3cccnc3)[C@@H]3CCNC[C@H]23)c1F. The number of halogens is 2. The molecule has 4 rings (SSSR count). The van der Waals surface area contributed by atoms with Crippen molar-refractivity contribution in [3.8, 4) is 0 Å². The molecule has 5 heteroatoms. The molecule has 0 aliphatic carbocycles. The van der Waals surface area contributed by atoms with Gasteiger partial charge in [0.1, 0.15) is 0 Å². The van der Waals surface area contributed by atoms with Gasteiger partial charge in [-0.2, -0.15) is 0 Å². The van der Waals surface area contributed by atoms with Crippen LogP contribution in [-0.2, 0) is 0 Å². The number of hydrogen-bond donors (Lipinski definition) is 1. The van der Waals surface area contributed by atoms with Crippen molar-refractivity contribution in [1.29, 1.82) is 0 Å². The normalized spacial score (nSPS) is 27.0. The summed E-state index contributed by atoms with van der Waals surface area (Å²) in [6.45, 7) is 2.49. The number of nitrogens with one attached hydrogen (secondary N) is 1. The second-order valence-corrected chi connectivity index (χ2v) is 6.34. The Labute approximate surface area is 134 Å². The molecule has 0 unspecified atom stereocenters. The summed E-state index contributed by atoms with van der Waals surface area (Å²) >= 11 is 0. The maximum absolute atomic E-state index is 14.3. The molecular weight excluding hydrogens is 296 g/mol. The van der Waals surface area contributed by atoms with Crippen LogP contribution in [-0.4, -0.2) is 30.7 Å². The van der Waals surface area contributed by atoms with Crippen molar-refractivity contribution in [3.63, 3.8) is 0 Å². The average molecular weight is 315 g/mol. The van der Waals surface area contributed by atoms with Crippen molar-refractivity contribution in [2.24, 2.45) is 5.92 Å². The molecule has 2 saturated heterocycles. The number of hydrogen-bond acceptors (Lipinski definition) is 3. The first kappa shape index (κ1) is 14.6. The fourth-order valence-corrected chi connectivity index (χ4v) is 4.11. The van der Waals surface area contributed by atoms with Crippen LogP contribution in [0, 0.1) is 17.6 Å². The molecule has 2 fully saturated rings. The van der Waals surface area contributed by atoms with Crippen LogP contribution < -0.4 is 10.2 Å². The second kappa shape index (κ2) is 5.89. The highest BCUT2D eigenvalue weighted by molar-refractivity contribution is 5.49. The lowest BCUT2D eigenvalue weighted by molar-refractivity contribution is 0.333. The monoisotopic (exact) mass is 315 g/mol. The summed E-state index contributed by atoms with van der Waals surface area (Å²) in [7, 11) is 0. The quantitative estimate of drug-likeness (QED) is 0.923. The molecule has 0 amide bonds. The first-order valence-corrected chi connectivity index (χ1v) is 8.07. The Kier molecular flexibility index (Phi) is 3.73. The summed E-state index contributed by atoms with van der Waals surface area (Å²) in [5, 5.41) is 3.40. The Bertz CT molecular complexity index is 692. The van der Waals surface area contributed by atoms with Gasteiger partial charge in [-0.05, 0) is 36.7 Å². The predicted molar refractivity (Wildman–Crippen MR) is 85.4 cm³/mol. The Morgan fingerprint density at radius 2 is 2.09 bits per heavy atom. The maximum atomic E-state index is 14.3. The van der Waals surface area contributed by atoms with E-state index in [0.717, 1.165) is 25.2 Å². The van der Waals surface area contributed by atoms with E-state index in [1.807, 2.05) is 18.3 Å². The summed E-state index contributed by atoms with van der Waals surface area (Å²) in [5.74, 6) is -1.19. The lowest BCUT2D eigenvalue weighted by atomic mass is 9.82. The van der Waals surface area contributed by atoms with E-state index in [9.17, 15) is 8.78 Å². The van der Waals surface area contributed by atoms with Crippen molar-refractivity contribution in [3.05, 3.63) is 59.9 Å². The molecule has 1 N–H and O–H groups in total. The number of benzene rings is 1. The highest BCUT2D eigenvalue weighted by Gasteiger charge is 2.44. The topological polar surface area (TPSA) is 28.2 Å². The lowest BCUT2D eigenvalue weighted by Gasteiger charge is -2.34. The van der Waals surface area contributed by atoms with Crippen LogP contribution in [0.5, 0.6) is 0 Å². The van der Waals surface area contributed by atoms with E-state index in [2.05, 4.69) is 15.2 Å². The van der Waals surface area contributed by atoms with E-state index in [-0.39, 0.29) is 11.8 Å². The molecule has 120 valence electrons. The minimum Gasteiger partial charge on any atom is -0.366 e. The van der Waals surface area contributed by atoms with Crippen LogP contribution >= 0.6 is 0 Å². The predicted octanol–water partition coefficient (Wildman–Crippen LogP) is 2.94. The fourth-order valence-electron chi connectivity index (χ4n) is 4.11. The van der Waals surface area contributed by atoms with E-state index >= 15 is 0 Å². The summed E-state index contributed by atoms with van der Waals surface area (Å²) in [6, 6.07) is 8.81. The Morgan fingerprint density at radius 3 is 2.91 bits per heavy atom. The molecule has 2 aliphatic rings. The van der Waals surface area contributed by atoms with Gasteiger partial charge in [-0.3, -0.25) is 4.98 Å². The summed E-state index contributed by atoms with van der Waals surface area (Å²) in [6.07, 6.45) is 4.61. The second-order valence-electron chi connectivity index (χ2n) is 6.34. The minimum absolute atomic E-state index is 0.0105. The van der Waals surface area contributed by atoms with Crippen LogP contribution in [0.2, 0.25) is 0 Å². The Hall–Kier alpha value is -2.01. The third-order valence-electron chi connectivity index (χ3n) is 5.16. The molecule has 2 aromatic rings. The molecule has 1 aromatic carbocycles. The van der Waals surface area contributed by atoms with Crippen molar-refractivity contribution in [1.82, 2.24) is 10.3 Å². The summed E-state index contributed by atoms with van der Waals surface area (Å²) < 4.78 is 28.0. The molecule has 1 aromatic heterocycles. The zero-order valence-electron chi connectivity index (χ0n) is 12.8. The van der Waals surface area contributed by atoms with Gasteiger partial charge >= 0.3 is 0 Å². The zero-order valence-corrected chi connectivity index (χ0v) is 12.8. The van der Waals surface area contributed by atoms with Gasteiger partial charge in [-0.1, -0.05) is 12.1 Å². The fraction of sp³-hybridized carbons (Fsp3) is 0.389. The van der Waals surface area contributed by atoms with Crippen molar-refractivity contribution < 1.29 is 8.78 Å². The number of rotatable bonds is 2. The van der Waals surface area contributed by atoms with E-state index in [1.54, 1.807) is 18.3 Å². The van der Waals surface area contributed by atoms with Gasteiger partial charge in [0.15, 0.2) is 11.6 Å². The Balaban J connectivity index is 1.72. The number of anilines is 1.